The van der Waals surface area contributed by atoms with Crippen LogP contribution in [0.1, 0.15) is 54.3 Å². The standard InChI is InChI=1S/C27H33N3O5/c1-17(2)18(3)28-26(32)24(29-25(31)20-7-5-4-6-8-20)19-11-13-30(14-12-19)27(33)21-9-10-22-23(15-21)35-16-34-22/h4-10,15,17-19,24H,11-14,16H2,1-3H3,(H,28,32)(H,29,31)/t18-,24+/m0/s1. The third-order valence-electron chi connectivity index (χ3n) is 6.89. The van der Waals surface area contributed by atoms with E-state index in [-0.39, 0.29) is 42.4 Å². The van der Waals surface area contributed by atoms with E-state index in [1.165, 1.54) is 0 Å². The molecule has 3 amide bonds. The lowest BCUT2D eigenvalue weighted by molar-refractivity contribution is -0.125. The fourth-order valence-corrected chi connectivity index (χ4v) is 4.34. The van der Waals surface area contributed by atoms with Crippen LogP contribution in [-0.4, -0.2) is 54.6 Å². The third-order valence-corrected chi connectivity index (χ3v) is 6.89. The van der Waals surface area contributed by atoms with Gasteiger partial charge in [-0.1, -0.05) is 32.0 Å². The van der Waals surface area contributed by atoms with Gasteiger partial charge < -0.3 is 25.0 Å². The molecular weight excluding hydrogens is 446 g/mol. The Hall–Kier alpha value is -3.55. The molecular formula is C27H33N3O5. The summed E-state index contributed by atoms with van der Waals surface area (Å²) in [6.45, 7) is 7.22. The fourth-order valence-electron chi connectivity index (χ4n) is 4.34. The van der Waals surface area contributed by atoms with Crippen molar-refractivity contribution in [3.05, 3.63) is 59.7 Å². The Labute approximate surface area is 206 Å². The molecule has 2 N–H and O–H groups in total. The lowest BCUT2D eigenvalue weighted by Gasteiger charge is -2.36. The van der Waals surface area contributed by atoms with Crippen LogP contribution in [0.4, 0.5) is 0 Å². The van der Waals surface area contributed by atoms with E-state index in [0.29, 0.717) is 48.6 Å². The quantitative estimate of drug-likeness (QED) is 0.636. The highest BCUT2D eigenvalue weighted by molar-refractivity contribution is 5.98. The predicted molar refractivity (Wildman–Crippen MR) is 131 cm³/mol. The molecule has 0 spiro atoms. The van der Waals surface area contributed by atoms with E-state index in [1.54, 1.807) is 47.4 Å². The van der Waals surface area contributed by atoms with Crippen molar-refractivity contribution in [2.75, 3.05) is 19.9 Å². The number of fused-ring (bicyclic) bond motifs is 1. The van der Waals surface area contributed by atoms with Gasteiger partial charge in [0.25, 0.3) is 11.8 Å². The zero-order valence-electron chi connectivity index (χ0n) is 20.5. The molecule has 1 fully saturated rings. The lowest BCUT2D eigenvalue weighted by atomic mass is 9.87. The van der Waals surface area contributed by atoms with Gasteiger partial charge in [-0.05, 0) is 61.9 Å². The molecule has 0 saturated carbocycles. The number of piperidine rings is 1. The first kappa shape index (κ1) is 24.6. The second-order valence-corrected chi connectivity index (χ2v) is 9.56. The van der Waals surface area contributed by atoms with Gasteiger partial charge in [-0.2, -0.15) is 0 Å². The number of hydrogen-bond donors (Lipinski definition) is 2. The van der Waals surface area contributed by atoms with Crippen molar-refractivity contribution < 1.29 is 23.9 Å². The molecule has 1 saturated heterocycles. The number of ether oxygens (including phenoxy) is 2. The van der Waals surface area contributed by atoms with Crippen LogP contribution in [0.2, 0.25) is 0 Å². The Bertz CT molecular complexity index is 1060. The van der Waals surface area contributed by atoms with Crippen LogP contribution in [0.5, 0.6) is 11.5 Å². The Morgan fingerprint density at radius 1 is 0.886 bits per heavy atom. The first-order valence-electron chi connectivity index (χ1n) is 12.2. The number of carbonyl (C=O) groups is 3. The highest BCUT2D eigenvalue weighted by Gasteiger charge is 2.35. The number of carbonyl (C=O) groups excluding carboxylic acids is 3. The molecule has 0 bridgehead atoms. The van der Waals surface area contributed by atoms with Crippen LogP contribution in [0.15, 0.2) is 48.5 Å². The highest BCUT2D eigenvalue weighted by atomic mass is 16.7. The fraction of sp³-hybridized carbons (Fsp3) is 0.444. The minimum Gasteiger partial charge on any atom is -0.454 e. The van der Waals surface area contributed by atoms with E-state index in [0.717, 1.165) is 0 Å². The van der Waals surface area contributed by atoms with Gasteiger partial charge in [0.2, 0.25) is 12.7 Å². The molecule has 0 aromatic heterocycles. The van der Waals surface area contributed by atoms with E-state index in [9.17, 15) is 14.4 Å². The van der Waals surface area contributed by atoms with Crippen LogP contribution >= 0.6 is 0 Å². The molecule has 8 heteroatoms. The molecule has 4 rings (SSSR count). The van der Waals surface area contributed by atoms with Crippen LogP contribution in [0.3, 0.4) is 0 Å². The van der Waals surface area contributed by atoms with Gasteiger partial charge in [-0.15, -0.1) is 0 Å². The summed E-state index contributed by atoms with van der Waals surface area (Å²) in [5, 5.41) is 6.02. The van der Waals surface area contributed by atoms with Gasteiger partial charge in [-0.25, -0.2) is 0 Å². The molecule has 0 aliphatic carbocycles. The predicted octanol–water partition coefficient (Wildman–Crippen LogP) is 3.23. The zero-order chi connectivity index (χ0) is 24.9. The smallest absolute Gasteiger partial charge is 0.253 e. The van der Waals surface area contributed by atoms with Crippen molar-refractivity contribution in [3.63, 3.8) is 0 Å². The number of nitrogens with one attached hydrogen (secondary N) is 2. The molecule has 2 heterocycles. The maximum atomic E-state index is 13.2. The van der Waals surface area contributed by atoms with Gasteiger partial charge >= 0.3 is 0 Å². The maximum Gasteiger partial charge on any atom is 0.253 e. The molecule has 0 radical (unpaired) electrons. The molecule has 2 atom stereocenters. The highest BCUT2D eigenvalue weighted by Crippen LogP contribution is 2.33. The second-order valence-electron chi connectivity index (χ2n) is 9.56. The first-order valence-corrected chi connectivity index (χ1v) is 12.2. The Morgan fingerprint density at radius 3 is 2.26 bits per heavy atom. The number of hydrogen-bond acceptors (Lipinski definition) is 5. The van der Waals surface area contributed by atoms with Crippen molar-refractivity contribution in [1.82, 2.24) is 15.5 Å². The van der Waals surface area contributed by atoms with Crippen molar-refractivity contribution >= 4 is 17.7 Å². The SMILES string of the molecule is CC(C)[C@H](C)NC(=O)[C@H](NC(=O)c1ccccc1)C1CCN(C(=O)c2ccc3c(c2)OCO3)CC1. The van der Waals surface area contributed by atoms with E-state index in [4.69, 9.17) is 9.47 Å². The average Bonchev–Trinajstić information content (AvgIpc) is 3.35. The molecule has 2 aliphatic heterocycles. The number of nitrogens with zero attached hydrogens (tertiary/aromatic N) is 1. The second kappa shape index (κ2) is 10.8. The normalized spacial score (nSPS) is 17.1. The lowest BCUT2D eigenvalue weighted by Crippen LogP contribution is -2.55. The average molecular weight is 480 g/mol. The van der Waals surface area contributed by atoms with E-state index >= 15 is 0 Å². The van der Waals surface area contributed by atoms with Gasteiger partial charge in [0.1, 0.15) is 6.04 Å². The molecule has 186 valence electrons. The van der Waals surface area contributed by atoms with Gasteiger partial charge in [0.15, 0.2) is 11.5 Å². The summed E-state index contributed by atoms with van der Waals surface area (Å²) in [5.74, 6) is 0.861. The largest absolute Gasteiger partial charge is 0.454 e. The molecule has 2 aromatic carbocycles. The van der Waals surface area contributed by atoms with E-state index < -0.39 is 6.04 Å². The van der Waals surface area contributed by atoms with Crippen molar-refractivity contribution in [2.24, 2.45) is 11.8 Å². The Morgan fingerprint density at radius 2 is 1.57 bits per heavy atom. The summed E-state index contributed by atoms with van der Waals surface area (Å²) in [5.41, 5.74) is 1.06. The molecule has 2 aromatic rings. The Kier molecular flexibility index (Phi) is 7.58. The first-order chi connectivity index (χ1) is 16.8. The summed E-state index contributed by atoms with van der Waals surface area (Å²) in [7, 11) is 0. The van der Waals surface area contributed by atoms with Crippen molar-refractivity contribution in [3.8, 4) is 11.5 Å². The zero-order valence-corrected chi connectivity index (χ0v) is 20.5. The summed E-state index contributed by atoms with van der Waals surface area (Å²) < 4.78 is 10.7. The third kappa shape index (κ3) is 5.75. The number of rotatable bonds is 7. The summed E-state index contributed by atoms with van der Waals surface area (Å²) >= 11 is 0. The molecule has 0 unspecified atom stereocenters. The minimum absolute atomic E-state index is 0.0219. The topological polar surface area (TPSA) is 97.0 Å². The monoisotopic (exact) mass is 479 g/mol. The number of benzene rings is 2. The van der Waals surface area contributed by atoms with Crippen LogP contribution in [0, 0.1) is 11.8 Å². The summed E-state index contributed by atoms with van der Waals surface area (Å²) in [6.07, 6.45) is 1.22. The number of amides is 3. The molecule has 2 aliphatic rings. The van der Waals surface area contributed by atoms with E-state index in [2.05, 4.69) is 10.6 Å². The minimum atomic E-state index is -0.674. The number of likely N-dealkylation sites (tertiary alicyclic amines) is 1. The van der Waals surface area contributed by atoms with Crippen LogP contribution in [0.25, 0.3) is 0 Å². The van der Waals surface area contributed by atoms with Crippen LogP contribution < -0.4 is 20.1 Å². The summed E-state index contributed by atoms with van der Waals surface area (Å²) in [4.78, 5) is 41.0. The van der Waals surface area contributed by atoms with E-state index in [1.807, 2.05) is 26.8 Å². The van der Waals surface area contributed by atoms with Crippen LogP contribution in [-0.2, 0) is 4.79 Å². The van der Waals surface area contributed by atoms with Gasteiger partial charge in [-0.3, -0.25) is 14.4 Å². The van der Waals surface area contributed by atoms with Crippen molar-refractivity contribution in [1.29, 1.82) is 0 Å². The Balaban J connectivity index is 1.43. The molecule has 35 heavy (non-hydrogen) atoms. The maximum absolute atomic E-state index is 13.2. The van der Waals surface area contributed by atoms with Gasteiger partial charge in [0, 0.05) is 30.3 Å². The summed E-state index contributed by atoms with van der Waals surface area (Å²) in [6, 6.07) is 13.4. The van der Waals surface area contributed by atoms with Gasteiger partial charge in [0.05, 0.1) is 0 Å². The molecule has 8 nitrogen and oxygen atoms in total. The van der Waals surface area contributed by atoms with Crippen molar-refractivity contribution in [2.45, 2.75) is 45.7 Å².